The number of aliphatic carboxylic acids is 1. The number of ether oxygens (including phenoxy) is 1. The van der Waals surface area contributed by atoms with Crippen molar-refractivity contribution in [2.75, 3.05) is 7.11 Å². The van der Waals surface area contributed by atoms with Crippen LogP contribution in [0.3, 0.4) is 0 Å². The molecule has 1 rings (SSSR count). The van der Waals surface area contributed by atoms with E-state index in [1.54, 1.807) is 13.8 Å². The first-order valence-corrected chi connectivity index (χ1v) is 3.73. The molecule has 0 unspecified atom stereocenters. The van der Waals surface area contributed by atoms with E-state index in [4.69, 9.17) is 5.11 Å². The van der Waals surface area contributed by atoms with Crippen molar-refractivity contribution in [3.63, 3.8) is 0 Å². The van der Waals surface area contributed by atoms with Gasteiger partial charge in [-0.3, -0.25) is 9.59 Å². The predicted molar refractivity (Wildman–Crippen MR) is 40.4 cm³/mol. The number of carboxylic acid groups (broad SMARTS) is 1. The van der Waals surface area contributed by atoms with Gasteiger partial charge in [-0.1, -0.05) is 13.8 Å². The van der Waals surface area contributed by atoms with E-state index in [9.17, 15) is 9.59 Å². The Morgan fingerprint density at radius 3 is 2.08 bits per heavy atom. The molecule has 4 heteroatoms. The van der Waals surface area contributed by atoms with Crippen molar-refractivity contribution < 1.29 is 19.4 Å². The summed E-state index contributed by atoms with van der Waals surface area (Å²) in [7, 11) is 1.27. The molecule has 0 spiro atoms. The summed E-state index contributed by atoms with van der Waals surface area (Å²) in [5, 5.41) is 8.70. The second-order valence-electron chi connectivity index (χ2n) is 3.64. The first kappa shape index (κ1) is 9.03. The fraction of sp³-hybridized carbons (Fsp3) is 0.750. The normalized spacial score (nSPS) is 30.9. The Labute approximate surface area is 70.5 Å². The maximum Gasteiger partial charge on any atom is 0.310 e. The molecule has 0 amide bonds. The molecule has 12 heavy (non-hydrogen) atoms. The van der Waals surface area contributed by atoms with E-state index in [2.05, 4.69) is 4.74 Å². The van der Waals surface area contributed by atoms with Crippen molar-refractivity contribution in [1.29, 1.82) is 0 Å². The number of carbonyl (C=O) groups is 2. The molecule has 0 heterocycles. The van der Waals surface area contributed by atoms with Crippen LogP contribution in [-0.2, 0) is 14.3 Å². The fourth-order valence-electron chi connectivity index (χ4n) is 1.67. The van der Waals surface area contributed by atoms with E-state index in [-0.39, 0.29) is 0 Å². The highest BCUT2D eigenvalue weighted by Gasteiger charge is 2.66. The van der Waals surface area contributed by atoms with E-state index in [1.165, 1.54) is 7.11 Å². The lowest BCUT2D eigenvalue weighted by Crippen LogP contribution is -2.09. The summed E-state index contributed by atoms with van der Waals surface area (Å²) in [4.78, 5) is 21.6. The minimum atomic E-state index is -0.921. The van der Waals surface area contributed by atoms with Crippen LogP contribution in [0.2, 0.25) is 0 Å². The quantitative estimate of drug-likeness (QED) is 0.616. The zero-order valence-corrected chi connectivity index (χ0v) is 7.33. The van der Waals surface area contributed by atoms with Crippen molar-refractivity contribution in [1.82, 2.24) is 0 Å². The molecule has 0 aliphatic heterocycles. The summed E-state index contributed by atoms with van der Waals surface area (Å²) in [6.45, 7) is 3.51. The Hall–Kier alpha value is -1.06. The van der Waals surface area contributed by atoms with E-state index in [1.807, 2.05) is 0 Å². The highest BCUT2D eigenvalue weighted by molar-refractivity contribution is 5.88. The SMILES string of the molecule is COC(=O)[C@H]1[C@H](C(=O)O)C1(C)C. The number of rotatable bonds is 2. The minimum Gasteiger partial charge on any atom is -0.481 e. The molecule has 2 atom stereocenters. The smallest absolute Gasteiger partial charge is 0.310 e. The lowest BCUT2D eigenvalue weighted by molar-refractivity contribution is -0.146. The molecule has 1 aliphatic rings. The average molecular weight is 172 g/mol. The Balaban J connectivity index is 2.73. The molecule has 68 valence electrons. The lowest BCUT2D eigenvalue weighted by Gasteiger charge is -1.98. The van der Waals surface area contributed by atoms with Crippen LogP contribution in [0.5, 0.6) is 0 Å². The monoisotopic (exact) mass is 172 g/mol. The van der Waals surface area contributed by atoms with Gasteiger partial charge in [0.05, 0.1) is 18.9 Å². The molecule has 1 aliphatic carbocycles. The van der Waals surface area contributed by atoms with E-state index in [0.717, 1.165) is 0 Å². The second kappa shape index (κ2) is 2.47. The van der Waals surface area contributed by atoms with Crippen LogP contribution >= 0.6 is 0 Å². The van der Waals surface area contributed by atoms with Crippen LogP contribution in [0, 0.1) is 17.3 Å². The van der Waals surface area contributed by atoms with Crippen LogP contribution in [0.1, 0.15) is 13.8 Å². The van der Waals surface area contributed by atoms with Gasteiger partial charge in [0.2, 0.25) is 0 Å². The standard InChI is InChI=1S/C8H12O4/c1-8(2)4(6(9)10)5(8)7(11)12-3/h4-5H,1-3H3,(H,9,10)/t4-,5-/m1/s1. The number of hydrogen-bond donors (Lipinski definition) is 1. The molecule has 1 N–H and O–H groups in total. The van der Waals surface area contributed by atoms with Crippen molar-refractivity contribution in [2.45, 2.75) is 13.8 Å². The molecule has 1 fully saturated rings. The summed E-state index contributed by atoms with van der Waals surface area (Å²) >= 11 is 0. The van der Waals surface area contributed by atoms with Gasteiger partial charge in [0, 0.05) is 0 Å². The third-order valence-electron chi connectivity index (χ3n) is 2.55. The topological polar surface area (TPSA) is 63.6 Å². The summed E-state index contributed by atoms with van der Waals surface area (Å²) in [6.07, 6.45) is 0. The Bertz CT molecular complexity index is 231. The second-order valence-corrected chi connectivity index (χ2v) is 3.64. The molecule has 0 radical (unpaired) electrons. The molecule has 0 aromatic carbocycles. The fourth-order valence-corrected chi connectivity index (χ4v) is 1.67. The summed E-state index contributed by atoms with van der Waals surface area (Å²) in [5.74, 6) is -2.40. The molecular weight excluding hydrogens is 160 g/mol. The van der Waals surface area contributed by atoms with Crippen LogP contribution in [0.4, 0.5) is 0 Å². The lowest BCUT2D eigenvalue weighted by atomic mass is 10.1. The molecule has 0 aromatic heterocycles. The summed E-state index contributed by atoms with van der Waals surface area (Å²) < 4.78 is 4.49. The van der Waals surface area contributed by atoms with Gasteiger partial charge in [-0.2, -0.15) is 0 Å². The highest BCUT2D eigenvalue weighted by atomic mass is 16.5. The number of methoxy groups -OCH3 is 1. The molecule has 1 saturated carbocycles. The third kappa shape index (κ3) is 1.07. The Kier molecular flexibility index (Phi) is 1.86. The summed E-state index contributed by atoms with van der Waals surface area (Å²) in [6, 6.07) is 0. The van der Waals surface area contributed by atoms with Gasteiger partial charge in [0.1, 0.15) is 0 Å². The molecule has 4 nitrogen and oxygen atoms in total. The number of carbonyl (C=O) groups excluding carboxylic acids is 1. The Morgan fingerprint density at radius 1 is 1.33 bits per heavy atom. The zero-order valence-electron chi connectivity index (χ0n) is 7.33. The molecule has 0 aromatic rings. The predicted octanol–water partition coefficient (Wildman–Crippen LogP) is 0.516. The van der Waals surface area contributed by atoms with E-state index >= 15 is 0 Å². The largest absolute Gasteiger partial charge is 0.481 e. The molecule has 0 bridgehead atoms. The van der Waals surface area contributed by atoms with Gasteiger partial charge in [0.25, 0.3) is 0 Å². The van der Waals surface area contributed by atoms with E-state index in [0.29, 0.717) is 0 Å². The zero-order chi connectivity index (χ0) is 9.52. The van der Waals surface area contributed by atoms with Crippen molar-refractivity contribution in [3.8, 4) is 0 Å². The highest BCUT2D eigenvalue weighted by Crippen LogP contribution is 2.58. The first-order valence-electron chi connectivity index (χ1n) is 3.73. The first-order chi connectivity index (χ1) is 5.42. The van der Waals surface area contributed by atoms with Gasteiger partial charge in [-0.05, 0) is 5.41 Å². The van der Waals surface area contributed by atoms with Gasteiger partial charge in [-0.25, -0.2) is 0 Å². The maximum atomic E-state index is 11.0. The van der Waals surface area contributed by atoms with Crippen LogP contribution in [0.15, 0.2) is 0 Å². The van der Waals surface area contributed by atoms with E-state index < -0.39 is 29.2 Å². The van der Waals surface area contributed by atoms with Crippen molar-refractivity contribution in [3.05, 3.63) is 0 Å². The number of carboxylic acids is 1. The maximum absolute atomic E-state index is 11.0. The van der Waals surface area contributed by atoms with Crippen LogP contribution in [-0.4, -0.2) is 24.2 Å². The van der Waals surface area contributed by atoms with Crippen molar-refractivity contribution >= 4 is 11.9 Å². The number of hydrogen-bond acceptors (Lipinski definition) is 3. The average Bonchev–Trinajstić information content (AvgIpc) is 2.52. The third-order valence-corrected chi connectivity index (χ3v) is 2.55. The van der Waals surface area contributed by atoms with Gasteiger partial charge in [0.15, 0.2) is 0 Å². The molecular formula is C8H12O4. The van der Waals surface area contributed by atoms with Gasteiger partial charge < -0.3 is 9.84 Å². The number of esters is 1. The van der Waals surface area contributed by atoms with Gasteiger partial charge in [-0.15, -0.1) is 0 Å². The van der Waals surface area contributed by atoms with Crippen LogP contribution < -0.4 is 0 Å². The Morgan fingerprint density at radius 2 is 1.83 bits per heavy atom. The molecule has 0 saturated heterocycles. The summed E-state index contributed by atoms with van der Waals surface area (Å²) in [5.41, 5.74) is -0.446. The van der Waals surface area contributed by atoms with Crippen molar-refractivity contribution in [2.24, 2.45) is 17.3 Å². The van der Waals surface area contributed by atoms with Gasteiger partial charge >= 0.3 is 11.9 Å². The van der Waals surface area contributed by atoms with Crippen LogP contribution in [0.25, 0.3) is 0 Å². The minimum absolute atomic E-state index is 0.424.